The van der Waals surface area contributed by atoms with Gasteiger partial charge in [0.15, 0.2) is 0 Å². The average molecular weight is 286 g/mol. The summed E-state index contributed by atoms with van der Waals surface area (Å²) in [7, 11) is 0. The molecule has 0 aliphatic heterocycles. The van der Waals surface area contributed by atoms with E-state index < -0.39 is 0 Å². The number of rotatable bonds is 6. The molecule has 0 radical (unpaired) electrons. The summed E-state index contributed by atoms with van der Waals surface area (Å²) in [6.07, 6.45) is 8.12. The predicted octanol–water partition coefficient (Wildman–Crippen LogP) is 2.94. The molecule has 3 nitrogen and oxygen atoms in total. The predicted molar refractivity (Wildman–Crippen MR) is 84.7 cm³/mol. The van der Waals surface area contributed by atoms with Crippen LogP contribution in [0.5, 0.6) is 0 Å². The molecular formula is C15H30N2OS. The van der Waals surface area contributed by atoms with Gasteiger partial charge < -0.3 is 10.6 Å². The Bertz CT molecular complexity index is 294. The van der Waals surface area contributed by atoms with E-state index in [-0.39, 0.29) is 17.5 Å². The molecule has 1 rings (SSSR count). The summed E-state index contributed by atoms with van der Waals surface area (Å²) in [6, 6.07) is 0.396. The minimum absolute atomic E-state index is 0.101. The summed E-state index contributed by atoms with van der Waals surface area (Å²) in [5.74, 6) is 0.123. The van der Waals surface area contributed by atoms with Gasteiger partial charge in [-0.2, -0.15) is 11.8 Å². The maximum absolute atomic E-state index is 12.2. The third kappa shape index (κ3) is 5.74. The Morgan fingerprint density at radius 3 is 2.68 bits per heavy atom. The van der Waals surface area contributed by atoms with E-state index >= 15 is 0 Å². The lowest BCUT2D eigenvalue weighted by atomic mass is 9.94. The highest BCUT2D eigenvalue weighted by atomic mass is 32.2. The van der Waals surface area contributed by atoms with Crippen LogP contribution in [0.3, 0.4) is 0 Å². The fourth-order valence-electron chi connectivity index (χ4n) is 2.47. The molecule has 0 saturated heterocycles. The average Bonchev–Trinajstić information content (AvgIpc) is 2.38. The molecule has 1 aliphatic carbocycles. The molecule has 0 bridgehead atoms. The number of nitrogens with one attached hydrogen (secondary N) is 2. The molecule has 0 heterocycles. The fourth-order valence-corrected chi connectivity index (χ4v) is 3.30. The van der Waals surface area contributed by atoms with Crippen LogP contribution >= 0.6 is 11.8 Å². The summed E-state index contributed by atoms with van der Waals surface area (Å²) in [4.78, 5) is 12.2. The van der Waals surface area contributed by atoms with E-state index in [0.29, 0.717) is 6.04 Å². The molecule has 0 aromatic carbocycles. The Morgan fingerprint density at radius 2 is 2.11 bits per heavy atom. The maximum atomic E-state index is 12.2. The van der Waals surface area contributed by atoms with Gasteiger partial charge in [0.05, 0.1) is 6.04 Å². The highest BCUT2D eigenvalue weighted by molar-refractivity contribution is 7.99. The molecule has 1 aliphatic rings. The van der Waals surface area contributed by atoms with E-state index in [2.05, 4.69) is 37.7 Å². The first-order valence-electron chi connectivity index (χ1n) is 7.49. The molecule has 0 aromatic heterocycles. The van der Waals surface area contributed by atoms with Gasteiger partial charge in [-0.3, -0.25) is 4.79 Å². The Morgan fingerprint density at radius 1 is 1.42 bits per heavy atom. The van der Waals surface area contributed by atoms with Crippen LogP contribution in [-0.4, -0.2) is 35.0 Å². The van der Waals surface area contributed by atoms with E-state index in [9.17, 15) is 4.79 Å². The molecule has 3 atom stereocenters. The second-order valence-electron chi connectivity index (χ2n) is 6.34. The molecular weight excluding hydrogens is 256 g/mol. The standard InChI is InChI=1S/C15H30N2OS/c1-6-15(3,4)17-14(18)11(2)16-12-8-7-9-13(10-12)19-5/h11-13,16H,6-10H2,1-5H3,(H,17,18). The van der Waals surface area contributed by atoms with Crippen LogP contribution in [0, 0.1) is 0 Å². The van der Waals surface area contributed by atoms with Crippen molar-refractivity contribution in [3.63, 3.8) is 0 Å². The fraction of sp³-hybridized carbons (Fsp3) is 0.933. The number of thioether (sulfide) groups is 1. The summed E-state index contributed by atoms with van der Waals surface area (Å²) in [5.41, 5.74) is -0.110. The molecule has 112 valence electrons. The molecule has 1 fully saturated rings. The van der Waals surface area contributed by atoms with Crippen molar-refractivity contribution in [1.82, 2.24) is 10.6 Å². The normalized spacial score (nSPS) is 25.9. The first-order chi connectivity index (χ1) is 8.88. The van der Waals surface area contributed by atoms with Gasteiger partial charge in [0.1, 0.15) is 0 Å². The first-order valence-corrected chi connectivity index (χ1v) is 8.77. The lowest BCUT2D eigenvalue weighted by Crippen LogP contribution is -2.53. The Balaban J connectivity index is 2.41. The number of carbonyl (C=O) groups is 1. The summed E-state index contributed by atoms with van der Waals surface area (Å²) < 4.78 is 0. The topological polar surface area (TPSA) is 41.1 Å². The molecule has 0 spiro atoms. The summed E-state index contributed by atoms with van der Waals surface area (Å²) in [5, 5.41) is 7.38. The molecule has 1 amide bonds. The quantitative estimate of drug-likeness (QED) is 0.789. The molecule has 3 unspecified atom stereocenters. The number of hydrogen-bond acceptors (Lipinski definition) is 3. The molecule has 2 N–H and O–H groups in total. The lowest BCUT2D eigenvalue weighted by Gasteiger charge is -2.32. The van der Waals surface area contributed by atoms with Gasteiger partial charge >= 0.3 is 0 Å². The van der Waals surface area contributed by atoms with Crippen LogP contribution in [0.1, 0.15) is 59.8 Å². The van der Waals surface area contributed by atoms with Crippen molar-refractivity contribution < 1.29 is 4.79 Å². The monoisotopic (exact) mass is 286 g/mol. The van der Waals surface area contributed by atoms with Crippen molar-refractivity contribution in [2.45, 2.75) is 82.7 Å². The van der Waals surface area contributed by atoms with Crippen molar-refractivity contribution in [2.75, 3.05) is 6.26 Å². The largest absolute Gasteiger partial charge is 0.350 e. The minimum atomic E-state index is -0.110. The Hall–Kier alpha value is -0.220. The number of amides is 1. The van der Waals surface area contributed by atoms with Crippen molar-refractivity contribution in [2.24, 2.45) is 0 Å². The van der Waals surface area contributed by atoms with Crippen LogP contribution in [0.15, 0.2) is 0 Å². The van der Waals surface area contributed by atoms with Crippen molar-refractivity contribution >= 4 is 17.7 Å². The third-order valence-corrected chi connectivity index (χ3v) is 5.28. The number of carbonyl (C=O) groups excluding carboxylic acids is 1. The van der Waals surface area contributed by atoms with Gasteiger partial charge in [-0.1, -0.05) is 13.3 Å². The van der Waals surface area contributed by atoms with Gasteiger partial charge in [0, 0.05) is 16.8 Å². The van der Waals surface area contributed by atoms with Crippen LogP contribution in [0.2, 0.25) is 0 Å². The van der Waals surface area contributed by atoms with Crippen LogP contribution in [0.25, 0.3) is 0 Å². The first kappa shape index (κ1) is 16.8. The van der Waals surface area contributed by atoms with Crippen LogP contribution < -0.4 is 10.6 Å². The van der Waals surface area contributed by atoms with E-state index in [0.717, 1.165) is 11.7 Å². The molecule has 19 heavy (non-hydrogen) atoms. The highest BCUT2D eigenvalue weighted by Crippen LogP contribution is 2.27. The molecule has 4 heteroatoms. The zero-order valence-corrected chi connectivity index (χ0v) is 13.9. The van der Waals surface area contributed by atoms with E-state index in [1.807, 2.05) is 18.7 Å². The Kier molecular flexibility index (Phi) is 6.67. The SMILES string of the molecule is CCC(C)(C)NC(=O)C(C)NC1CCCC(SC)C1. The van der Waals surface area contributed by atoms with Crippen molar-refractivity contribution in [3.8, 4) is 0 Å². The lowest BCUT2D eigenvalue weighted by molar-refractivity contribution is -0.124. The third-order valence-electron chi connectivity index (χ3n) is 4.18. The van der Waals surface area contributed by atoms with E-state index in [1.165, 1.54) is 25.7 Å². The number of hydrogen-bond donors (Lipinski definition) is 2. The van der Waals surface area contributed by atoms with E-state index in [4.69, 9.17) is 0 Å². The van der Waals surface area contributed by atoms with Gasteiger partial charge in [0.2, 0.25) is 5.91 Å². The smallest absolute Gasteiger partial charge is 0.237 e. The Labute approximate surface area is 122 Å². The van der Waals surface area contributed by atoms with Gasteiger partial charge in [0.25, 0.3) is 0 Å². The van der Waals surface area contributed by atoms with Gasteiger partial charge in [-0.15, -0.1) is 0 Å². The van der Waals surface area contributed by atoms with Crippen LogP contribution in [0.4, 0.5) is 0 Å². The second kappa shape index (κ2) is 7.53. The van der Waals surface area contributed by atoms with Gasteiger partial charge in [-0.25, -0.2) is 0 Å². The maximum Gasteiger partial charge on any atom is 0.237 e. The molecule has 0 aromatic rings. The van der Waals surface area contributed by atoms with Gasteiger partial charge in [-0.05, 0) is 52.7 Å². The van der Waals surface area contributed by atoms with E-state index in [1.54, 1.807) is 0 Å². The zero-order chi connectivity index (χ0) is 14.5. The highest BCUT2D eigenvalue weighted by Gasteiger charge is 2.26. The van der Waals surface area contributed by atoms with Crippen molar-refractivity contribution in [1.29, 1.82) is 0 Å². The second-order valence-corrected chi connectivity index (χ2v) is 7.47. The summed E-state index contributed by atoms with van der Waals surface area (Å²) >= 11 is 1.96. The molecule has 1 saturated carbocycles. The zero-order valence-electron chi connectivity index (χ0n) is 13.1. The summed E-state index contributed by atoms with van der Waals surface area (Å²) in [6.45, 7) is 8.22. The van der Waals surface area contributed by atoms with Crippen LogP contribution in [-0.2, 0) is 4.79 Å². The van der Waals surface area contributed by atoms with Crippen molar-refractivity contribution in [3.05, 3.63) is 0 Å². The minimum Gasteiger partial charge on any atom is -0.350 e.